The average molecular weight is 238 g/mol. The molecule has 0 bridgehead atoms. The largest absolute Gasteiger partial charge is 0.467 e. The summed E-state index contributed by atoms with van der Waals surface area (Å²) in [6, 6.07) is 14.1. The molecular weight excluding hydrogens is 224 g/mol. The molecule has 3 nitrogen and oxygen atoms in total. The highest BCUT2D eigenvalue weighted by molar-refractivity contribution is 5.83. The van der Waals surface area contributed by atoms with Gasteiger partial charge in [-0.3, -0.25) is 0 Å². The highest BCUT2D eigenvalue weighted by Crippen LogP contribution is 2.20. The van der Waals surface area contributed by atoms with Gasteiger partial charge in [-0.15, -0.1) is 0 Å². The molecule has 0 unspecified atom stereocenters. The minimum Gasteiger partial charge on any atom is -0.467 e. The highest BCUT2D eigenvalue weighted by Gasteiger charge is 2.02. The van der Waals surface area contributed by atoms with Crippen LogP contribution in [0.15, 0.2) is 53.1 Å². The van der Waals surface area contributed by atoms with Crippen molar-refractivity contribution in [1.82, 2.24) is 4.98 Å². The first-order valence-corrected chi connectivity index (χ1v) is 5.95. The van der Waals surface area contributed by atoms with Crippen molar-refractivity contribution in [3.8, 4) is 0 Å². The maximum Gasteiger partial charge on any atom is 0.127 e. The molecule has 3 aromatic rings. The number of aromatic nitrogens is 1. The third-order valence-electron chi connectivity index (χ3n) is 2.95. The van der Waals surface area contributed by atoms with Crippen LogP contribution in [-0.2, 0) is 6.54 Å². The predicted octanol–water partition coefficient (Wildman–Crippen LogP) is 3.75. The number of furan rings is 1. The number of hydrogen-bond acceptors (Lipinski definition) is 3. The number of aryl methyl sites for hydroxylation is 1. The predicted molar refractivity (Wildman–Crippen MR) is 72.5 cm³/mol. The molecule has 0 saturated heterocycles. The number of para-hydroxylation sites is 1. The van der Waals surface area contributed by atoms with Crippen LogP contribution in [0, 0.1) is 6.92 Å². The first kappa shape index (κ1) is 10.8. The summed E-state index contributed by atoms with van der Waals surface area (Å²) in [5, 5.41) is 4.47. The standard InChI is InChI=1S/C15H14N2O/c1-11-9-15(16-10-12-5-4-8-18-12)17-14-7-3-2-6-13(11)14/h2-9H,10H2,1H3,(H,16,17). The molecule has 1 N–H and O–H groups in total. The van der Waals surface area contributed by atoms with Crippen molar-refractivity contribution in [3.05, 3.63) is 60.1 Å². The summed E-state index contributed by atoms with van der Waals surface area (Å²) in [4.78, 5) is 4.58. The molecular formula is C15H14N2O. The molecule has 18 heavy (non-hydrogen) atoms. The average Bonchev–Trinajstić information content (AvgIpc) is 2.90. The van der Waals surface area contributed by atoms with Gasteiger partial charge >= 0.3 is 0 Å². The normalized spacial score (nSPS) is 10.7. The molecule has 2 heterocycles. The summed E-state index contributed by atoms with van der Waals surface area (Å²) >= 11 is 0. The van der Waals surface area contributed by atoms with E-state index in [1.165, 1.54) is 10.9 Å². The Labute approximate surface area is 105 Å². The van der Waals surface area contributed by atoms with Gasteiger partial charge in [-0.1, -0.05) is 18.2 Å². The number of benzene rings is 1. The maximum absolute atomic E-state index is 5.28. The lowest BCUT2D eigenvalue weighted by Crippen LogP contribution is -2.01. The second-order valence-electron chi connectivity index (χ2n) is 4.27. The van der Waals surface area contributed by atoms with E-state index in [2.05, 4.69) is 29.4 Å². The van der Waals surface area contributed by atoms with Crippen LogP contribution in [0.4, 0.5) is 5.82 Å². The zero-order valence-corrected chi connectivity index (χ0v) is 10.2. The monoisotopic (exact) mass is 238 g/mol. The second kappa shape index (κ2) is 4.53. The van der Waals surface area contributed by atoms with Crippen molar-refractivity contribution in [3.63, 3.8) is 0 Å². The smallest absolute Gasteiger partial charge is 0.127 e. The maximum atomic E-state index is 5.28. The molecule has 90 valence electrons. The molecule has 2 aromatic heterocycles. The number of nitrogens with zero attached hydrogens (tertiary/aromatic N) is 1. The summed E-state index contributed by atoms with van der Waals surface area (Å²) < 4.78 is 5.28. The molecule has 3 rings (SSSR count). The van der Waals surface area contributed by atoms with Gasteiger partial charge in [0.1, 0.15) is 11.6 Å². The second-order valence-corrected chi connectivity index (χ2v) is 4.27. The topological polar surface area (TPSA) is 38.1 Å². The first-order valence-electron chi connectivity index (χ1n) is 5.95. The van der Waals surface area contributed by atoms with E-state index in [0.717, 1.165) is 17.1 Å². The van der Waals surface area contributed by atoms with Crippen molar-refractivity contribution in [2.45, 2.75) is 13.5 Å². The fourth-order valence-corrected chi connectivity index (χ4v) is 2.03. The van der Waals surface area contributed by atoms with Crippen molar-refractivity contribution in [2.24, 2.45) is 0 Å². The van der Waals surface area contributed by atoms with Crippen molar-refractivity contribution in [2.75, 3.05) is 5.32 Å². The van der Waals surface area contributed by atoms with E-state index in [1.807, 2.05) is 30.3 Å². The van der Waals surface area contributed by atoms with Crippen LogP contribution >= 0.6 is 0 Å². The lowest BCUT2D eigenvalue weighted by molar-refractivity contribution is 0.518. The molecule has 1 aromatic carbocycles. The van der Waals surface area contributed by atoms with Crippen LogP contribution < -0.4 is 5.32 Å². The summed E-state index contributed by atoms with van der Waals surface area (Å²) in [6.45, 7) is 2.75. The molecule has 0 aliphatic carbocycles. The molecule has 0 aliphatic rings. The number of hydrogen-bond donors (Lipinski definition) is 1. The van der Waals surface area contributed by atoms with Gasteiger partial charge in [0.15, 0.2) is 0 Å². The molecule has 0 fully saturated rings. The number of fused-ring (bicyclic) bond motifs is 1. The molecule has 0 spiro atoms. The van der Waals surface area contributed by atoms with Gasteiger partial charge in [-0.25, -0.2) is 4.98 Å². The lowest BCUT2D eigenvalue weighted by Gasteiger charge is -2.07. The Hall–Kier alpha value is -2.29. The Kier molecular flexibility index (Phi) is 2.73. The van der Waals surface area contributed by atoms with Crippen LogP contribution in [0.5, 0.6) is 0 Å². The van der Waals surface area contributed by atoms with E-state index in [9.17, 15) is 0 Å². The van der Waals surface area contributed by atoms with Crippen LogP contribution in [-0.4, -0.2) is 4.98 Å². The van der Waals surface area contributed by atoms with Gasteiger partial charge in [-0.05, 0) is 36.8 Å². The van der Waals surface area contributed by atoms with Crippen molar-refractivity contribution >= 4 is 16.7 Å². The van der Waals surface area contributed by atoms with E-state index in [1.54, 1.807) is 6.26 Å². The summed E-state index contributed by atoms with van der Waals surface area (Å²) in [5.74, 6) is 1.78. The van der Waals surface area contributed by atoms with Crippen LogP contribution in [0.2, 0.25) is 0 Å². The van der Waals surface area contributed by atoms with Crippen LogP contribution in [0.25, 0.3) is 10.9 Å². The number of anilines is 1. The number of rotatable bonds is 3. The quantitative estimate of drug-likeness (QED) is 0.755. The fraction of sp³-hybridized carbons (Fsp3) is 0.133. The molecule has 0 radical (unpaired) electrons. The Bertz CT molecular complexity index is 659. The van der Waals surface area contributed by atoms with E-state index < -0.39 is 0 Å². The van der Waals surface area contributed by atoms with Crippen LogP contribution in [0.1, 0.15) is 11.3 Å². The minimum absolute atomic E-state index is 0.651. The number of nitrogens with one attached hydrogen (secondary N) is 1. The van der Waals surface area contributed by atoms with Gasteiger partial charge < -0.3 is 9.73 Å². The summed E-state index contributed by atoms with van der Waals surface area (Å²) in [6.07, 6.45) is 1.68. The molecule has 0 amide bonds. The number of pyridine rings is 1. The fourth-order valence-electron chi connectivity index (χ4n) is 2.03. The Balaban J connectivity index is 1.88. The third-order valence-corrected chi connectivity index (χ3v) is 2.95. The molecule has 0 aliphatic heterocycles. The van der Waals surface area contributed by atoms with Gasteiger partial charge in [0.05, 0.1) is 18.3 Å². The lowest BCUT2D eigenvalue weighted by atomic mass is 10.1. The van der Waals surface area contributed by atoms with E-state index >= 15 is 0 Å². The first-order chi connectivity index (χ1) is 8.83. The molecule has 3 heteroatoms. The molecule has 0 atom stereocenters. The van der Waals surface area contributed by atoms with Gasteiger partial charge in [0, 0.05) is 5.39 Å². The van der Waals surface area contributed by atoms with E-state index in [0.29, 0.717) is 6.54 Å². The highest BCUT2D eigenvalue weighted by atomic mass is 16.3. The Morgan fingerprint density at radius 2 is 2.06 bits per heavy atom. The summed E-state index contributed by atoms with van der Waals surface area (Å²) in [5.41, 5.74) is 2.24. The van der Waals surface area contributed by atoms with Crippen LogP contribution in [0.3, 0.4) is 0 Å². The SMILES string of the molecule is Cc1cc(NCc2ccco2)nc2ccccc12. The van der Waals surface area contributed by atoms with Gasteiger partial charge in [-0.2, -0.15) is 0 Å². The zero-order valence-electron chi connectivity index (χ0n) is 10.2. The Morgan fingerprint density at radius 1 is 1.17 bits per heavy atom. The zero-order chi connectivity index (χ0) is 12.4. The molecule has 0 saturated carbocycles. The van der Waals surface area contributed by atoms with Gasteiger partial charge in [0.25, 0.3) is 0 Å². The third kappa shape index (κ3) is 2.07. The van der Waals surface area contributed by atoms with E-state index in [-0.39, 0.29) is 0 Å². The minimum atomic E-state index is 0.651. The van der Waals surface area contributed by atoms with Gasteiger partial charge in [0.2, 0.25) is 0 Å². The van der Waals surface area contributed by atoms with Crippen molar-refractivity contribution in [1.29, 1.82) is 0 Å². The Morgan fingerprint density at radius 3 is 2.89 bits per heavy atom. The van der Waals surface area contributed by atoms with Crippen molar-refractivity contribution < 1.29 is 4.42 Å². The van der Waals surface area contributed by atoms with E-state index in [4.69, 9.17) is 4.42 Å². The summed E-state index contributed by atoms with van der Waals surface area (Å²) in [7, 11) is 0.